The molecule has 0 aliphatic carbocycles. The summed E-state index contributed by atoms with van der Waals surface area (Å²) >= 11 is 3.47. The van der Waals surface area contributed by atoms with Gasteiger partial charge in [0.25, 0.3) is 0 Å². The molecule has 1 fully saturated rings. The number of carbonyl (C=O) groups is 1. The molecular formula is C15H19BrN2O3. The van der Waals surface area contributed by atoms with Crippen LogP contribution in [0.5, 0.6) is 5.75 Å². The summed E-state index contributed by atoms with van der Waals surface area (Å²) < 4.78 is 12.0. The van der Waals surface area contributed by atoms with E-state index in [1.165, 1.54) is 0 Å². The van der Waals surface area contributed by atoms with Gasteiger partial charge in [-0.25, -0.2) is 0 Å². The number of fused-ring (bicyclic) bond motifs is 1. The average Bonchev–Trinajstić information content (AvgIpc) is 2.49. The molecule has 114 valence electrons. The normalized spacial score (nSPS) is 24.8. The molecule has 2 aliphatic heterocycles. The molecule has 6 heteroatoms. The molecule has 5 nitrogen and oxygen atoms in total. The maximum atomic E-state index is 12.2. The van der Waals surface area contributed by atoms with E-state index in [1.807, 2.05) is 18.2 Å². The van der Waals surface area contributed by atoms with Crippen molar-refractivity contribution in [1.82, 2.24) is 10.6 Å². The molecular weight excluding hydrogens is 336 g/mol. The topological polar surface area (TPSA) is 59.6 Å². The summed E-state index contributed by atoms with van der Waals surface area (Å²) in [5.41, 5.74) is 1.04. The fourth-order valence-corrected chi connectivity index (χ4v) is 3.12. The lowest BCUT2D eigenvalue weighted by atomic mass is 10.00. The Labute approximate surface area is 132 Å². The number of nitrogens with one attached hydrogen (secondary N) is 2. The van der Waals surface area contributed by atoms with Gasteiger partial charge in [-0.1, -0.05) is 15.9 Å². The monoisotopic (exact) mass is 354 g/mol. The number of morpholine rings is 1. The van der Waals surface area contributed by atoms with Crippen LogP contribution >= 0.6 is 15.9 Å². The van der Waals surface area contributed by atoms with Crippen LogP contribution in [0.15, 0.2) is 22.7 Å². The zero-order valence-electron chi connectivity index (χ0n) is 11.7. The Kier molecular flexibility index (Phi) is 4.77. The molecule has 0 radical (unpaired) electrons. The minimum absolute atomic E-state index is 0.0169. The van der Waals surface area contributed by atoms with Gasteiger partial charge < -0.3 is 20.1 Å². The highest BCUT2D eigenvalue weighted by Crippen LogP contribution is 2.34. The molecule has 0 spiro atoms. The predicted molar refractivity (Wildman–Crippen MR) is 82.4 cm³/mol. The van der Waals surface area contributed by atoms with Gasteiger partial charge in [-0.05, 0) is 18.2 Å². The highest BCUT2D eigenvalue weighted by Gasteiger charge is 2.25. The zero-order chi connectivity index (χ0) is 14.7. The first-order valence-electron chi connectivity index (χ1n) is 7.25. The van der Waals surface area contributed by atoms with Crippen molar-refractivity contribution in [1.29, 1.82) is 0 Å². The molecule has 0 aromatic heterocycles. The van der Waals surface area contributed by atoms with Crippen molar-refractivity contribution < 1.29 is 14.3 Å². The van der Waals surface area contributed by atoms with Gasteiger partial charge in [0, 0.05) is 35.5 Å². The van der Waals surface area contributed by atoms with Crippen LogP contribution in [0.2, 0.25) is 0 Å². The maximum Gasteiger partial charge on any atom is 0.222 e. The second-order valence-corrected chi connectivity index (χ2v) is 6.29. The third-order valence-corrected chi connectivity index (χ3v) is 4.27. The Bertz CT molecular complexity index is 518. The number of halogens is 1. The van der Waals surface area contributed by atoms with Crippen molar-refractivity contribution in [2.45, 2.75) is 24.9 Å². The van der Waals surface area contributed by atoms with E-state index in [9.17, 15) is 4.79 Å². The highest BCUT2D eigenvalue weighted by molar-refractivity contribution is 9.10. The third kappa shape index (κ3) is 3.75. The van der Waals surface area contributed by atoms with Crippen LogP contribution in [0.25, 0.3) is 0 Å². The molecule has 21 heavy (non-hydrogen) atoms. The van der Waals surface area contributed by atoms with E-state index in [0.717, 1.165) is 35.4 Å². The van der Waals surface area contributed by atoms with E-state index in [2.05, 4.69) is 26.6 Å². The lowest BCUT2D eigenvalue weighted by Gasteiger charge is -2.28. The fourth-order valence-electron chi connectivity index (χ4n) is 2.74. The summed E-state index contributed by atoms with van der Waals surface area (Å²) in [4.78, 5) is 12.2. The van der Waals surface area contributed by atoms with Gasteiger partial charge in [-0.3, -0.25) is 4.79 Å². The number of hydrogen-bond acceptors (Lipinski definition) is 4. The number of carbonyl (C=O) groups excluding carboxylic acids is 1. The SMILES string of the molecule is O=C(CC1COCCN1)NC1CCOc2ccc(Br)cc21. The van der Waals surface area contributed by atoms with E-state index < -0.39 is 0 Å². The summed E-state index contributed by atoms with van der Waals surface area (Å²) in [5.74, 6) is 0.907. The van der Waals surface area contributed by atoms with Crippen LogP contribution in [0, 0.1) is 0 Å². The number of benzene rings is 1. The lowest BCUT2D eigenvalue weighted by Crippen LogP contribution is -2.45. The van der Waals surface area contributed by atoms with Crippen LogP contribution in [-0.2, 0) is 9.53 Å². The number of hydrogen-bond donors (Lipinski definition) is 2. The molecule has 2 unspecified atom stereocenters. The van der Waals surface area contributed by atoms with Crippen molar-refractivity contribution >= 4 is 21.8 Å². The van der Waals surface area contributed by atoms with Gasteiger partial charge in [0.1, 0.15) is 5.75 Å². The van der Waals surface area contributed by atoms with Crippen LogP contribution in [0.4, 0.5) is 0 Å². The largest absolute Gasteiger partial charge is 0.493 e. The fraction of sp³-hybridized carbons (Fsp3) is 0.533. The van der Waals surface area contributed by atoms with E-state index in [0.29, 0.717) is 19.6 Å². The Morgan fingerprint density at radius 3 is 3.14 bits per heavy atom. The van der Waals surface area contributed by atoms with E-state index in [1.54, 1.807) is 0 Å². The summed E-state index contributed by atoms with van der Waals surface area (Å²) in [5, 5.41) is 6.41. The second kappa shape index (κ2) is 6.77. The molecule has 3 rings (SSSR count). The van der Waals surface area contributed by atoms with E-state index in [-0.39, 0.29) is 18.0 Å². The highest BCUT2D eigenvalue weighted by atomic mass is 79.9. The Morgan fingerprint density at radius 2 is 2.33 bits per heavy atom. The van der Waals surface area contributed by atoms with Crippen LogP contribution in [0.1, 0.15) is 24.4 Å². The summed E-state index contributed by atoms with van der Waals surface area (Å²) in [6.45, 7) is 2.76. The minimum atomic E-state index is 0.0169. The standard InChI is InChI=1S/C15H19BrN2O3/c16-10-1-2-14-12(7-10)13(3-5-21-14)18-15(19)8-11-9-20-6-4-17-11/h1-2,7,11,13,17H,3-6,8-9H2,(H,18,19). The molecule has 2 atom stereocenters. The predicted octanol–water partition coefficient (Wildman–Crippen LogP) is 1.77. The first-order valence-corrected chi connectivity index (χ1v) is 8.04. The molecule has 1 aromatic carbocycles. The molecule has 1 amide bonds. The van der Waals surface area contributed by atoms with Gasteiger partial charge in [-0.2, -0.15) is 0 Å². The molecule has 2 heterocycles. The number of amides is 1. The Hall–Kier alpha value is -1.11. The number of ether oxygens (including phenoxy) is 2. The summed E-state index contributed by atoms with van der Waals surface area (Å²) in [6, 6.07) is 6.03. The quantitative estimate of drug-likeness (QED) is 0.868. The molecule has 1 saturated heterocycles. The first kappa shape index (κ1) is 14.8. The lowest BCUT2D eigenvalue weighted by molar-refractivity contribution is -0.123. The first-order chi connectivity index (χ1) is 10.2. The van der Waals surface area contributed by atoms with Crippen molar-refractivity contribution in [3.8, 4) is 5.75 Å². The van der Waals surface area contributed by atoms with Crippen LogP contribution < -0.4 is 15.4 Å². The zero-order valence-corrected chi connectivity index (χ0v) is 13.3. The minimum Gasteiger partial charge on any atom is -0.493 e. The average molecular weight is 355 g/mol. The van der Waals surface area contributed by atoms with E-state index in [4.69, 9.17) is 9.47 Å². The molecule has 0 bridgehead atoms. The second-order valence-electron chi connectivity index (χ2n) is 5.37. The van der Waals surface area contributed by atoms with Crippen LogP contribution in [-0.4, -0.2) is 38.3 Å². The molecule has 2 aliphatic rings. The van der Waals surface area contributed by atoms with Crippen molar-refractivity contribution in [2.75, 3.05) is 26.4 Å². The number of rotatable bonds is 3. The Morgan fingerprint density at radius 1 is 1.43 bits per heavy atom. The smallest absolute Gasteiger partial charge is 0.222 e. The molecule has 1 aromatic rings. The maximum absolute atomic E-state index is 12.2. The Balaban J connectivity index is 1.63. The van der Waals surface area contributed by atoms with Crippen LogP contribution in [0.3, 0.4) is 0 Å². The van der Waals surface area contributed by atoms with Crippen molar-refractivity contribution in [2.24, 2.45) is 0 Å². The van der Waals surface area contributed by atoms with Gasteiger partial charge in [0.2, 0.25) is 5.91 Å². The van der Waals surface area contributed by atoms with Gasteiger partial charge in [0.05, 0.1) is 25.9 Å². The van der Waals surface area contributed by atoms with Crippen molar-refractivity contribution in [3.05, 3.63) is 28.2 Å². The van der Waals surface area contributed by atoms with Gasteiger partial charge in [-0.15, -0.1) is 0 Å². The van der Waals surface area contributed by atoms with Gasteiger partial charge in [0.15, 0.2) is 0 Å². The summed E-state index contributed by atoms with van der Waals surface area (Å²) in [6.07, 6.45) is 1.24. The van der Waals surface area contributed by atoms with Gasteiger partial charge >= 0.3 is 0 Å². The molecule has 2 N–H and O–H groups in total. The van der Waals surface area contributed by atoms with E-state index >= 15 is 0 Å². The third-order valence-electron chi connectivity index (χ3n) is 3.78. The van der Waals surface area contributed by atoms with Crippen molar-refractivity contribution in [3.63, 3.8) is 0 Å². The molecule has 0 saturated carbocycles. The summed E-state index contributed by atoms with van der Waals surface area (Å²) in [7, 11) is 0.